The lowest BCUT2D eigenvalue weighted by Gasteiger charge is -2.26. The Morgan fingerprint density at radius 3 is 2.70 bits per heavy atom. The van der Waals surface area contributed by atoms with Crippen LogP contribution < -0.4 is 0 Å². The Hall–Kier alpha value is -1.46. The molecule has 0 saturated heterocycles. The van der Waals surface area contributed by atoms with Crippen LogP contribution in [0.15, 0.2) is 0 Å². The highest BCUT2D eigenvalue weighted by Gasteiger charge is 2.27. The first-order valence-corrected chi connectivity index (χ1v) is 7.61. The first-order valence-electron chi connectivity index (χ1n) is 7.61. The molecule has 1 aliphatic carbocycles. The minimum atomic E-state index is -0.790. The SMILES string of the molecule is CCCC(CC(=O)O)n1nnnc1C1CCC(C)CC1. The van der Waals surface area contributed by atoms with Gasteiger partial charge in [0.05, 0.1) is 12.5 Å². The molecule has 0 amide bonds. The van der Waals surface area contributed by atoms with E-state index in [0.717, 1.165) is 37.4 Å². The van der Waals surface area contributed by atoms with Crippen molar-refractivity contribution < 1.29 is 9.90 Å². The van der Waals surface area contributed by atoms with Crippen molar-refractivity contribution in [2.45, 2.75) is 70.8 Å². The molecule has 1 aromatic rings. The lowest BCUT2D eigenvalue weighted by molar-refractivity contribution is -0.138. The van der Waals surface area contributed by atoms with Crippen LogP contribution in [0.25, 0.3) is 0 Å². The fraction of sp³-hybridized carbons (Fsp3) is 0.857. The van der Waals surface area contributed by atoms with Gasteiger partial charge in [-0.15, -0.1) is 5.10 Å². The zero-order chi connectivity index (χ0) is 14.5. The van der Waals surface area contributed by atoms with Crippen molar-refractivity contribution in [3.63, 3.8) is 0 Å². The smallest absolute Gasteiger partial charge is 0.305 e. The number of hydrogen-bond acceptors (Lipinski definition) is 4. The molecule has 1 unspecified atom stereocenters. The fourth-order valence-corrected chi connectivity index (χ4v) is 3.09. The molecule has 0 bridgehead atoms. The number of carbonyl (C=O) groups is 1. The summed E-state index contributed by atoms with van der Waals surface area (Å²) in [5.41, 5.74) is 0. The molecular weight excluding hydrogens is 256 g/mol. The molecule has 1 heterocycles. The number of hydrogen-bond donors (Lipinski definition) is 1. The van der Waals surface area contributed by atoms with Crippen molar-refractivity contribution in [2.75, 3.05) is 0 Å². The van der Waals surface area contributed by atoms with Crippen LogP contribution >= 0.6 is 0 Å². The van der Waals surface area contributed by atoms with Crippen LogP contribution in [0.4, 0.5) is 0 Å². The number of tetrazole rings is 1. The van der Waals surface area contributed by atoms with Crippen molar-refractivity contribution in [3.8, 4) is 0 Å². The second-order valence-electron chi connectivity index (χ2n) is 5.98. The normalized spacial score (nSPS) is 24.5. The molecule has 0 aliphatic heterocycles. The molecule has 0 spiro atoms. The number of aliphatic carboxylic acids is 1. The topological polar surface area (TPSA) is 80.9 Å². The van der Waals surface area contributed by atoms with Gasteiger partial charge in [-0.2, -0.15) is 0 Å². The van der Waals surface area contributed by atoms with E-state index < -0.39 is 5.97 Å². The summed E-state index contributed by atoms with van der Waals surface area (Å²) < 4.78 is 1.78. The average Bonchev–Trinajstić information content (AvgIpc) is 2.88. The van der Waals surface area contributed by atoms with E-state index in [-0.39, 0.29) is 12.5 Å². The van der Waals surface area contributed by atoms with Gasteiger partial charge in [-0.25, -0.2) is 4.68 Å². The average molecular weight is 280 g/mol. The molecule has 1 N–H and O–H groups in total. The van der Waals surface area contributed by atoms with Crippen LogP contribution in [-0.2, 0) is 4.79 Å². The molecule has 6 heteroatoms. The minimum Gasteiger partial charge on any atom is -0.481 e. The molecule has 6 nitrogen and oxygen atoms in total. The fourth-order valence-electron chi connectivity index (χ4n) is 3.09. The Morgan fingerprint density at radius 1 is 1.40 bits per heavy atom. The third kappa shape index (κ3) is 3.55. The Balaban J connectivity index is 2.15. The van der Waals surface area contributed by atoms with Crippen LogP contribution in [0.2, 0.25) is 0 Å². The predicted octanol–water partition coefficient (Wildman–Crippen LogP) is 2.78. The monoisotopic (exact) mass is 280 g/mol. The number of nitrogens with zero attached hydrogens (tertiary/aromatic N) is 4. The van der Waals surface area contributed by atoms with Crippen LogP contribution in [0.3, 0.4) is 0 Å². The molecule has 1 atom stereocenters. The van der Waals surface area contributed by atoms with E-state index in [2.05, 4.69) is 29.4 Å². The highest BCUT2D eigenvalue weighted by atomic mass is 16.4. The van der Waals surface area contributed by atoms with Crippen LogP contribution in [0.5, 0.6) is 0 Å². The van der Waals surface area contributed by atoms with Gasteiger partial charge in [-0.3, -0.25) is 4.79 Å². The van der Waals surface area contributed by atoms with Crippen LogP contribution in [0, 0.1) is 5.92 Å². The second kappa shape index (κ2) is 6.81. The number of carboxylic acids is 1. The van der Waals surface area contributed by atoms with E-state index in [9.17, 15) is 4.79 Å². The standard InChI is InChI=1S/C14H24N4O2/c1-3-4-12(9-13(19)20)18-14(15-16-17-18)11-7-5-10(2)6-8-11/h10-12H,3-9H2,1-2H3,(H,19,20). The van der Waals surface area contributed by atoms with E-state index in [1.165, 1.54) is 12.8 Å². The van der Waals surface area contributed by atoms with Crippen molar-refractivity contribution in [2.24, 2.45) is 5.92 Å². The summed E-state index contributed by atoms with van der Waals surface area (Å²) in [6.07, 6.45) is 6.44. The van der Waals surface area contributed by atoms with E-state index in [4.69, 9.17) is 5.11 Å². The van der Waals surface area contributed by atoms with Gasteiger partial charge >= 0.3 is 5.97 Å². The molecule has 1 fully saturated rings. The molecule has 0 aromatic carbocycles. The molecular formula is C14H24N4O2. The van der Waals surface area contributed by atoms with E-state index in [0.29, 0.717) is 5.92 Å². The van der Waals surface area contributed by atoms with Crippen molar-refractivity contribution in [1.82, 2.24) is 20.2 Å². The van der Waals surface area contributed by atoms with E-state index in [1.54, 1.807) is 4.68 Å². The minimum absolute atomic E-state index is 0.0923. The Labute approximate surface area is 119 Å². The van der Waals surface area contributed by atoms with Crippen LogP contribution in [0.1, 0.15) is 76.6 Å². The third-order valence-electron chi connectivity index (χ3n) is 4.28. The first kappa shape index (κ1) is 14.9. The lowest BCUT2D eigenvalue weighted by Crippen LogP contribution is -2.21. The van der Waals surface area contributed by atoms with Crippen molar-refractivity contribution in [1.29, 1.82) is 0 Å². The molecule has 1 aliphatic rings. The Bertz CT molecular complexity index is 438. The molecule has 2 rings (SSSR count). The number of carboxylic acid groups (broad SMARTS) is 1. The van der Waals surface area contributed by atoms with Gasteiger partial charge in [0.25, 0.3) is 0 Å². The third-order valence-corrected chi connectivity index (χ3v) is 4.28. The molecule has 1 saturated carbocycles. The van der Waals surface area contributed by atoms with Gasteiger partial charge in [0.2, 0.25) is 0 Å². The maximum atomic E-state index is 11.0. The predicted molar refractivity (Wildman–Crippen MR) is 74.4 cm³/mol. The second-order valence-corrected chi connectivity index (χ2v) is 5.98. The Kier molecular flexibility index (Phi) is 5.09. The summed E-state index contributed by atoms with van der Waals surface area (Å²) in [4.78, 5) is 11.0. The summed E-state index contributed by atoms with van der Waals surface area (Å²) in [6.45, 7) is 4.34. The van der Waals surface area contributed by atoms with Gasteiger partial charge in [-0.1, -0.05) is 33.1 Å². The van der Waals surface area contributed by atoms with E-state index in [1.807, 2.05) is 0 Å². The maximum absolute atomic E-state index is 11.0. The van der Waals surface area contributed by atoms with Crippen molar-refractivity contribution >= 4 is 5.97 Å². The zero-order valence-corrected chi connectivity index (χ0v) is 12.3. The molecule has 112 valence electrons. The number of rotatable bonds is 6. The van der Waals surface area contributed by atoms with Crippen molar-refractivity contribution in [3.05, 3.63) is 5.82 Å². The van der Waals surface area contributed by atoms with Gasteiger partial charge in [0.15, 0.2) is 5.82 Å². The lowest BCUT2D eigenvalue weighted by atomic mass is 9.82. The largest absolute Gasteiger partial charge is 0.481 e. The number of aromatic nitrogens is 4. The molecule has 0 radical (unpaired) electrons. The highest BCUT2D eigenvalue weighted by Crippen LogP contribution is 2.35. The van der Waals surface area contributed by atoms with Gasteiger partial charge < -0.3 is 5.11 Å². The summed E-state index contributed by atoms with van der Waals surface area (Å²) in [6, 6.07) is -0.123. The first-order chi connectivity index (χ1) is 9.61. The van der Waals surface area contributed by atoms with Gasteiger partial charge in [-0.05, 0) is 35.6 Å². The molecule has 20 heavy (non-hydrogen) atoms. The summed E-state index contributed by atoms with van der Waals surface area (Å²) in [5.74, 6) is 1.26. The van der Waals surface area contributed by atoms with E-state index >= 15 is 0 Å². The maximum Gasteiger partial charge on any atom is 0.305 e. The van der Waals surface area contributed by atoms with Crippen LogP contribution in [-0.4, -0.2) is 31.3 Å². The molecule has 1 aromatic heterocycles. The van der Waals surface area contributed by atoms with Gasteiger partial charge in [0.1, 0.15) is 0 Å². The highest BCUT2D eigenvalue weighted by molar-refractivity contribution is 5.67. The van der Waals surface area contributed by atoms with Gasteiger partial charge in [0, 0.05) is 5.92 Å². The quantitative estimate of drug-likeness (QED) is 0.866. The summed E-state index contributed by atoms with van der Waals surface area (Å²) in [5, 5.41) is 21.1. The Morgan fingerprint density at radius 2 is 2.10 bits per heavy atom. The summed E-state index contributed by atoms with van der Waals surface area (Å²) in [7, 11) is 0. The zero-order valence-electron chi connectivity index (χ0n) is 12.3. The summed E-state index contributed by atoms with van der Waals surface area (Å²) >= 11 is 0.